The summed E-state index contributed by atoms with van der Waals surface area (Å²) in [5, 5.41) is 2.65. The molecule has 26 heavy (non-hydrogen) atoms. The summed E-state index contributed by atoms with van der Waals surface area (Å²) in [5.74, 6) is -0.854. The number of amides is 1. The number of carbonyl (C=O) groups is 1. The summed E-state index contributed by atoms with van der Waals surface area (Å²) in [4.78, 5) is 16.6. The molecule has 1 saturated heterocycles. The van der Waals surface area contributed by atoms with Gasteiger partial charge in [0.25, 0.3) is 0 Å². The molecule has 1 aliphatic rings. The van der Waals surface area contributed by atoms with E-state index in [9.17, 15) is 13.6 Å². The van der Waals surface area contributed by atoms with Crippen LogP contribution in [-0.4, -0.2) is 47.9 Å². The molecular weight excluding hydrogens is 336 g/mol. The van der Waals surface area contributed by atoms with Crippen molar-refractivity contribution in [3.63, 3.8) is 0 Å². The average Bonchev–Trinajstić information content (AvgIpc) is 2.65. The van der Waals surface area contributed by atoms with Crippen molar-refractivity contribution in [3.05, 3.63) is 65.7 Å². The minimum atomic E-state index is -0.442. The Morgan fingerprint density at radius 1 is 1.00 bits per heavy atom. The Labute approximate surface area is 152 Å². The lowest BCUT2D eigenvalue weighted by atomic mass is 10.1. The molecule has 1 amide bonds. The SMILES string of the molecule is C[C@@H](C(=O)Nc1ccccc1F)N1CCN(Cc2ccccc2F)CC1. The fourth-order valence-corrected chi connectivity index (χ4v) is 3.14. The zero-order valence-electron chi connectivity index (χ0n) is 14.8. The van der Waals surface area contributed by atoms with Crippen molar-refractivity contribution in [2.45, 2.75) is 19.5 Å². The topological polar surface area (TPSA) is 35.6 Å². The van der Waals surface area contributed by atoms with Crippen LogP contribution in [0.1, 0.15) is 12.5 Å². The molecule has 1 aliphatic heterocycles. The highest BCUT2D eigenvalue weighted by Gasteiger charge is 2.26. The molecular formula is C20H23F2N3O. The van der Waals surface area contributed by atoms with Gasteiger partial charge < -0.3 is 5.32 Å². The predicted octanol–water partition coefficient (Wildman–Crippen LogP) is 3.11. The number of hydrogen-bond donors (Lipinski definition) is 1. The molecule has 138 valence electrons. The molecule has 0 spiro atoms. The molecule has 0 aromatic heterocycles. The first kappa shape index (κ1) is 18.5. The zero-order chi connectivity index (χ0) is 18.5. The van der Waals surface area contributed by atoms with Crippen molar-refractivity contribution < 1.29 is 13.6 Å². The lowest BCUT2D eigenvalue weighted by Crippen LogP contribution is -2.52. The summed E-state index contributed by atoms with van der Waals surface area (Å²) in [7, 11) is 0. The number of nitrogens with one attached hydrogen (secondary N) is 1. The zero-order valence-corrected chi connectivity index (χ0v) is 14.8. The second-order valence-corrected chi connectivity index (χ2v) is 6.55. The number of hydrogen-bond acceptors (Lipinski definition) is 3. The number of carbonyl (C=O) groups excluding carboxylic acids is 1. The summed E-state index contributed by atoms with van der Waals surface area (Å²) >= 11 is 0. The van der Waals surface area contributed by atoms with E-state index in [2.05, 4.69) is 15.1 Å². The fourth-order valence-electron chi connectivity index (χ4n) is 3.14. The van der Waals surface area contributed by atoms with Crippen LogP contribution in [0.15, 0.2) is 48.5 Å². The van der Waals surface area contributed by atoms with Gasteiger partial charge in [0.15, 0.2) is 0 Å². The second kappa shape index (κ2) is 8.38. The van der Waals surface area contributed by atoms with Gasteiger partial charge in [-0.2, -0.15) is 0 Å². The smallest absolute Gasteiger partial charge is 0.241 e. The lowest BCUT2D eigenvalue weighted by Gasteiger charge is -2.37. The maximum atomic E-state index is 13.8. The Bertz CT molecular complexity index is 760. The van der Waals surface area contributed by atoms with E-state index in [4.69, 9.17) is 0 Å². The van der Waals surface area contributed by atoms with E-state index < -0.39 is 5.82 Å². The van der Waals surface area contributed by atoms with Gasteiger partial charge in [-0.25, -0.2) is 8.78 Å². The van der Waals surface area contributed by atoms with Gasteiger partial charge in [0.2, 0.25) is 5.91 Å². The number of rotatable bonds is 5. The monoisotopic (exact) mass is 359 g/mol. The Morgan fingerprint density at radius 3 is 2.27 bits per heavy atom. The molecule has 1 heterocycles. The number of nitrogens with zero attached hydrogens (tertiary/aromatic N) is 2. The third kappa shape index (κ3) is 4.45. The Hall–Kier alpha value is -2.31. The summed E-state index contributed by atoms with van der Waals surface area (Å²) in [6.07, 6.45) is 0. The van der Waals surface area contributed by atoms with Gasteiger partial charge in [-0.15, -0.1) is 0 Å². The van der Waals surface area contributed by atoms with Crippen molar-refractivity contribution in [2.24, 2.45) is 0 Å². The first-order valence-electron chi connectivity index (χ1n) is 8.80. The molecule has 0 bridgehead atoms. The Morgan fingerprint density at radius 2 is 1.62 bits per heavy atom. The van der Waals surface area contributed by atoms with Crippen molar-refractivity contribution in [3.8, 4) is 0 Å². The Kier molecular flexibility index (Phi) is 5.96. The molecule has 0 aliphatic carbocycles. The molecule has 0 radical (unpaired) electrons. The average molecular weight is 359 g/mol. The van der Waals surface area contributed by atoms with Crippen LogP contribution >= 0.6 is 0 Å². The van der Waals surface area contributed by atoms with Gasteiger partial charge in [-0.05, 0) is 25.1 Å². The second-order valence-electron chi connectivity index (χ2n) is 6.55. The van der Waals surface area contributed by atoms with E-state index >= 15 is 0 Å². The van der Waals surface area contributed by atoms with Gasteiger partial charge in [0, 0.05) is 38.3 Å². The molecule has 2 aromatic rings. The molecule has 0 saturated carbocycles. The maximum absolute atomic E-state index is 13.8. The highest BCUT2D eigenvalue weighted by molar-refractivity contribution is 5.94. The van der Waals surface area contributed by atoms with Gasteiger partial charge in [0.1, 0.15) is 11.6 Å². The molecule has 4 nitrogen and oxygen atoms in total. The molecule has 0 unspecified atom stereocenters. The molecule has 2 aromatic carbocycles. The van der Waals surface area contributed by atoms with E-state index in [1.807, 2.05) is 13.0 Å². The van der Waals surface area contributed by atoms with Crippen LogP contribution in [0.3, 0.4) is 0 Å². The fraction of sp³-hybridized carbons (Fsp3) is 0.350. The molecule has 1 N–H and O–H groups in total. The molecule has 1 fully saturated rings. The van der Waals surface area contributed by atoms with Crippen LogP contribution in [0.4, 0.5) is 14.5 Å². The third-order valence-electron chi connectivity index (χ3n) is 4.82. The number of piperazine rings is 1. The quantitative estimate of drug-likeness (QED) is 0.891. The molecule has 6 heteroatoms. The van der Waals surface area contributed by atoms with E-state index in [1.54, 1.807) is 30.3 Å². The first-order valence-corrected chi connectivity index (χ1v) is 8.80. The molecule has 3 rings (SSSR count). The van der Waals surface area contributed by atoms with Crippen LogP contribution in [0, 0.1) is 11.6 Å². The van der Waals surface area contributed by atoms with Crippen molar-refractivity contribution in [1.82, 2.24) is 9.80 Å². The van der Waals surface area contributed by atoms with Gasteiger partial charge >= 0.3 is 0 Å². The largest absolute Gasteiger partial charge is 0.322 e. The number of halogens is 2. The summed E-state index contributed by atoms with van der Waals surface area (Å²) in [6, 6.07) is 12.6. The highest BCUT2D eigenvalue weighted by atomic mass is 19.1. The summed E-state index contributed by atoms with van der Waals surface area (Å²) in [5.41, 5.74) is 0.883. The van der Waals surface area contributed by atoms with Crippen LogP contribution in [0.25, 0.3) is 0 Å². The van der Waals surface area contributed by atoms with E-state index in [-0.39, 0.29) is 23.5 Å². The predicted molar refractivity (Wildman–Crippen MR) is 97.7 cm³/mol. The summed E-state index contributed by atoms with van der Waals surface area (Å²) < 4.78 is 27.5. The Balaban J connectivity index is 1.52. The van der Waals surface area contributed by atoms with Crippen molar-refractivity contribution in [1.29, 1.82) is 0 Å². The molecule has 1 atom stereocenters. The van der Waals surface area contributed by atoms with E-state index in [1.165, 1.54) is 12.1 Å². The first-order chi connectivity index (χ1) is 12.5. The maximum Gasteiger partial charge on any atom is 0.241 e. The lowest BCUT2D eigenvalue weighted by molar-refractivity contribution is -0.121. The summed E-state index contributed by atoms with van der Waals surface area (Å²) in [6.45, 7) is 5.32. The minimum absolute atomic E-state index is 0.187. The van der Waals surface area contributed by atoms with Gasteiger partial charge in [0.05, 0.1) is 11.7 Å². The standard InChI is InChI=1S/C20H23F2N3O/c1-15(20(26)23-19-9-5-4-8-18(19)22)25-12-10-24(11-13-25)14-16-6-2-3-7-17(16)21/h2-9,15H,10-14H2,1H3,(H,23,26)/t15-/m0/s1. The number of para-hydroxylation sites is 1. The number of anilines is 1. The van der Waals surface area contributed by atoms with Crippen LogP contribution in [0.5, 0.6) is 0 Å². The minimum Gasteiger partial charge on any atom is -0.322 e. The van der Waals surface area contributed by atoms with Crippen LogP contribution in [-0.2, 0) is 11.3 Å². The highest BCUT2D eigenvalue weighted by Crippen LogP contribution is 2.16. The van der Waals surface area contributed by atoms with Crippen LogP contribution in [0.2, 0.25) is 0 Å². The third-order valence-corrected chi connectivity index (χ3v) is 4.82. The normalized spacial score (nSPS) is 17.0. The van der Waals surface area contributed by atoms with Crippen LogP contribution < -0.4 is 5.32 Å². The van der Waals surface area contributed by atoms with Crippen molar-refractivity contribution in [2.75, 3.05) is 31.5 Å². The van der Waals surface area contributed by atoms with E-state index in [0.717, 1.165) is 13.1 Å². The van der Waals surface area contributed by atoms with Crippen molar-refractivity contribution >= 4 is 11.6 Å². The number of benzene rings is 2. The van der Waals surface area contributed by atoms with Gasteiger partial charge in [-0.1, -0.05) is 30.3 Å². The van der Waals surface area contributed by atoms with E-state index in [0.29, 0.717) is 25.2 Å². The van der Waals surface area contributed by atoms with Gasteiger partial charge in [-0.3, -0.25) is 14.6 Å².